The summed E-state index contributed by atoms with van der Waals surface area (Å²) in [5.74, 6) is -2.35. The summed E-state index contributed by atoms with van der Waals surface area (Å²) in [6.07, 6.45) is 12.4. The molecule has 3 saturated carbocycles. The van der Waals surface area contributed by atoms with Gasteiger partial charge in [0.25, 0.3) is 0 Å². The van der Waals surface area contributed by atoms with E-state index in [1.807, 2.05) is 6.92 Å². The van der Waals surface area contributed by atoms with Gasteiger partial charge >= 0.3 is 0 Å². The Bertz CT molecular complexity index is 1390. The number of allylic oxidation sites excluding steroid dienone is 1. The fourth-order valence-corrected chi connectivity index (χ4v) is 11.4. The molecule has 0 bridgehead atoms. The second kappa shape index (κ2) is 16.2. The Labute approximate surface area is 302 Å². The van der Waals surface area contributed by atoms with E-state index in [1.165, 1.54) is 0 Å². The van der Waals surface area contributed by atoms with Crippen molar-refractivity contribution >= 4 is 38.9 Å². The van der Waals surface area contributed by atoms with E-state index in [-0.39, 0.29) is 72.1 Å². The molecule has 1 heterocycles. The molecule has 0 aromatic rings. The number of rotatable bonds is 18. The molecule has 0 radical (unpaired) electrons. The van der Waals surface area contributed by atoms with Gasteiger partial charge in [-0.15, -0.1) is 6.58 Å². The number of Topliss-reactive ketones (excluding diaryl/α,β-unsaturated/α-hetero) is 4. The maximum atomic E-state index is 14.8. The molecule has 0 spiro atoms. The van der Waals surface area contributed by atoms with Crippen molar-refractivity contribution in [2.45, 2.75) is 161 Å². The molecule has 5 atom stereocenters. The van der Waals surface area contributed by atoms with Crippen LogP contribution in [0, 0.1) is 40.4 Å². The van der Waals surface area contributed by atoms with E-state index in [0.29, 0.717) is 38.6 Å². The van der Waals surface area contributed by atoms with Crippen LogP contribution >= 0.6 is 0 Å². The molecule has 0 N–H and O–H groups in total. The first-order valence-electron chi connectivity index (χ1n) is 19.6. The smallest absolute Gasteiger partial charge is 0.227 e. The van der Waals surface area contributed by atoms with Gasteiger partial charge < -0.3 is 4.90 Å². The Morgan fingerprint density at radius 3 is 2.14 bits per heavy atom. The van der Waals surface area contributed by atoms with E-state index in [0.717, 1.165) is 51.4 Å². The number of hydrogen-bond donors (Lipinski definition) is 0. The Morgan fingerprint density at radius 1 is 0.940 bits per heavy atom. The van der Waals surface area contributed by atoms with Crippen molar-refractivity contribution in [3.05, 3.63) is 12.7 Å². The maximum absolute atomic E-state index is 14.8. The molecule has 8 nitrogen and oxygen atoms in total. The lowest BCUT2D eigenvalue weighted by molar-refractivity contribution is -0.147. The summed E-state index contributed by atoms with van der Waals surface area (Å²) < 4.78 is 26.0. The molecule has 1 amide bonds. The van der Waals surface area contributed by atoms with Gasteiger partial charge in [0.15, 0.2) is 21.4 Å². The first-order chi connectivity index (χ1) is 23.4. The number of sulfone groups is 1. The third kappa shape index (κ3) is 9.06. The molecule has 0 aromatic carbocycles. The second-order valence-corrected chi connectivity index (χ2v) is 20.8. The van der Waals surface area contributed by atoms with Crippen LogP contribution in [0.4, 0.5) is 0 Å². The van der Waals surface area contributed by atoms with Crippen LogP contribution in [0.3, 0.4) is 0 Å². The molecule has 50 heavy (non-hydrogen) atoms. The van der Waals surface area contributed by atoms with Crippen LogP contribution in [-0.4, -0.2) is 65.4 Å². The van der Waals surface area contributed by atoms with Crippen LogP contribution in [0.1, 0.15) is 151 Å². The monoisotopic (exact) mass is 715 g/mol. The predicted octanol–water partition coefficient (Wildman–Crippen LogP) is 7.66. The number of carbonyl (C=O) groups is 5. The molecule has 9 heteroatoms. The molecule has 1 aliphatic heterocycles. The minimum atomic E-state index is -3.45. The average molecular weight is 716 g/mol. The Morgan fingerprint density at radius 2 is 1.56 bits per heavy atom. The number of ketones is 4. The topological polar surface area (TPSA) is 123 Å². The Kier molecular flexibility index (Phi) is 13.2. The highest BCUT2D eigenvalue weighted by atomic mass is 32.2. The standard InChI is InChI=1S/C41H65NO7S/c1-8-10-20-33(44)37(46)29(17-9-2)23-34(45)36-35-32(40(35,6)7)26-42(36)38(47)31(28-18-13-11-14-19-28)24-30(43)25-41(21-15-12-16-22-41)27-50(48,49)39(3,4)5/h8,28-29,31-32,35-36H,1,9-27H2,2-7H3/t29?,31-,32?,35-,36+/m0/s1. The fraction of sp³-hybridized carbons (Fsp3) is 0.829. The molecule has 4 rings (SSSR count). The van der Waals surface area contributed by atoms with Crippen LogP contribution in [0.25, 0.3) is 0 Å². The summed E-state index contributed by atoms with van der Waals surface area (Å²) in [6.45, 7) is 15.5. The van der Waals surface area contributed by atoms with Crippen LogP contribution in [0.5, 0.6) is 0 Å². The summed E-state index contributed by atoms with van der Waals surface area (Å²) in [6, 6.07) is -0.666. The van der Waals surface area contributed by atoms with Crippen molar-refractivity contribution in [1.82, 2.24) is 4.90 Å². The van der Waals surface area contributed by atoms with Gasteiger partial charge in [-0.05, 0) is 87.9 Å². The van der Waals surface area contributed by atoms with Gasteiger partial charge in [0, 0.05) is 44.1 Å². The summed E-state index contributed by atoms with van der Waals surface area (Å²) in [5, 5.41) is 0. The number of amides is 1. The van der Waals surface area contributed by atoms with Gasteiger partial charge in [-0.3, -0.25) is 24.0 Å². The minimum Gasteiger partial charge on any atom is -0.332 e. The van der Waals surface area contributed by atoms with Crippen LogP contribution in [0.2, 0.25) is 0 Å². The van der Waals surface area contributed by atoms with Crippen molar-refractivity contribution in [2.24, 2.45) is 40.4 Å². The highest BCUT2D eigenvalue weighted by Gasteiger charge is 2.69. The normalized spacial score (nSPS) is 26.0. The second-order valence-electron chi connectivity index (χ2n) is 18.0. The maximum Gasteiger partial charge on any atom is 0.227 e. The SMILES string of the molecule is C=CCCC(=O)C(=O)C(CCC)CC(=O)[C@@H]1[C@@H]2C(CN1C(=O)[C@@H](CC(=O)CC1(CS(=O)(=O)C(C)(C)C)CCCCC1)C1CCCCC1)C2(C)C. The average Bonchev–Trinajstić information content (AvgIpc) is 3.36. The molecule has 4 fully saturated rings. The van der Waals surface area contributed by atoms with E-state index < -0.39 is 49.4 Å². The first-order valence-corrected chi connectivity index (χ1v) is 21.3. The van der Waals surface area contributed by atoms with Crippen molar-refractivity contribution < 1.29 is 32.4 Å². The molecule has 282 valence electrons. The quantitative estimate of drug-likeness (QED) is 0.106. The van der Waals surface area contributed by atoms with E-state index in [2.05, 4.69) is 20.4 Å². The van der Waals surface area contributed by atoms with Crippen molar-refractivity contribution in [3.63, 3.8) is 0 Å². The molecule has 2 unspecified atom stereocenters. The fourth-order valence-electron chi connectivity index (χ4n) is 9.74. The zero-order valence-electron chi connectivity index (χ0n) is 31.9. The lowest BCUT2D eigenvalue weighted by Gasteiger charge is -2.40. The van der Waals surface area contributed by atoms with Gasteiger partial charge in [-0.25, -0.2) is 8.42 Å². The van der Waals surface area contributed by atoms with Crippen molar-refractivity contribution in [2.75, 3.05) is 12.3 Å². The Balaban J connectivity index is 1.58. The zero-order chi connectivity index (χ0) is 37.1. The number of piperidine rings is 1. The molecule has 3 aliphatic carbocycles. The van der Waals surface area contributed by atoms with Gasteiger partial charge in [0.05, 0.1) is 16.5 Å². The number of likely N-dealkylation sites (tertiary alicyclic amines) is 1. The third-order valence-electron chi connectivity index (χ3n) is 13.0. The predicted molar refractivity (Wildman–Crippen MR) is 197 cm³/mol. The molecular weight excluding hydrogens is 651 g/mol. The van der Waals surface area contributed by atoms with Crippen molar-refractivity contribution in [3.8, 4) is 0 Å². The highest BCUT2D eigenvalue weighted by molar-refractivity contribution is 7.92. The molecule has 4 aliphatic rings. The van der Waals surface area contributed by atoms with Crippen LogP contribution in [-0.2, 0) is 33.8 Å². The summed E-state index contributed by atoms with van der Waals surface area (Å²) in [7, 11) is -3.45. The lowest BCUT2D eigenvalue weighted by Crippen LogP contribution is -2.50. The van der Waals surface area contributed by atoms with E-state index >= 15 is 0 Å². The third-order valence-corrected chi connectivity index (χ3v) is 15.9. The number of hydrogen-bond acceptors (Lipinski definition) is 7. The van der Waals surface area contributed by atoms with Gasteiger partial charge in [-0.1, -0.05) is 71.8 Å². The van der Waals surface area contributed by atoms with E-state index in [9.17, 15) is 32.4 Å². The molecule has 0 aromatic heterocycles. The number of fused-ring (bicyclic) bond motifs is 1. The van der Waals surface area contributed by atoms with Gasteiger partial charge in [0.1, 0.15) is 5.78 Å². The Hall–Kier alpha value is -2.16. The van der Waals surface area contributed by atoms with Gasteiger partial charge in [-0.2, -0.15) is 0 Å². The largest absolute Gasteiger partial charge is 0.332 e. The number of carbonyl (C=O) groups excluding carboxylic acids is 5. The summed E-state index contributed by atoms with van der Waals surface area (Å²) in [4.78, 5) is 70.8. The van der Waals surface area contributed by atoms with Crippen molar-refractivity contribution in [1.29, 1.82) is 0 Å². The highest BCUT2D eigenvalue weighted by Crippen LogP contribution is 2.65. The first kappa shape index (κ1) is 40.6. The zero-order valence-corrected chi connectivity index (χ0v) is 32.7. The van der Waals surface area contributed by atoms with Gasteiger partial charge in [0.2, 0.25) is 11.7 Å². The molecule has 1 saturated heterocycles. The van der Waals surface area contributed by atoms with Crippen LogP contribution < -0.4 is 0 Å². The number of nitrogens with zero attached hydrogens (tertiary/aromatic N) is 1. The summed E-state index contributed by atoms with van der Waals surface area (Å²) in [5.41, 5.74) is -0.716. The van der Waals surface area contributed by atoms with E-state index in [4.69, 9.17) is 0 Å². The lowest BCUT2D eigenvalue weighted by atomic mass is 9.70. The molecular formula is C41H65NO7S. The minimum absolute atomic E-state index is 0.00777. The van der Waals surface area contributed by atoms with Crippen LogP contribution in [0.15, 0.2) is 12.7 Å². The summed E-state index contributed by atoms with van der Waals surface area (Å²) >= 11 is 0. The van der Waals surface area contributed by atoms with E-state index in [1.54, 1.807) is 31.7 Å².